The predicted molar refractivity (Wildman–Crippen MR) is 66.8 cm³/mol. The van der Waals surface area contributed by atoms with Crippen molar-refractivity contribution in [3.8, 4) is 24.7 Å². The van der Waals surface area contributed by atoms with E-state index in [4.69, 9.17) is 17.6 Å². The van der Waals surface area contributed by atoms with Crippen molar-refractivity contribution in [3.05, 3.63) is 0 Å². The van der Waals surface area contributed by atoms with Gasteiger partial charge in [-0.25, -0.2) is 4.79 Å². The average Bonchev–Trinajstić information content (AvgIpc) is 2.14. The molecule has 0 aromatic carbocycles. The summed E-state index contributed by atoms with van der Waals surface area (Å²) < 4.78 is 4.89. The Bertz CT molecular complexity index is 263. The summed E-state index contributed by atoms with van der Waals surface area (Å²) in [6.07, 6.45) is 11.4. The van der Waals surface area contributed by atoms with Crippen molar-refractivity contribution in [3.63, 3.8) is 0 Å². The maximum absolute atomic E-state index is 10.8. The van der Waals surface area contributed by atoms with E-state index in [0.717, 1.165) is 12.8 Å². The molecule has 0 fully saturated rings. The van der Waals surface area contributed by atoms with Crippen LogP contribution in [0.3, 0.4) is 0 Å². The van der Waals surface area contributed by atoms with Crippen molar-refractivity contribution in [2.24, 2.45) is 0 Å². The third-order valence-electron chi connectivity index (χ3n) is 1.13. The molecule has 0 unspecified atom stereocenters. The van der Waals surface area contributed by atoms with E-state index in [9.17, 15) is 4.79 Å². The van der Waals surface area contributed by atoms with Gasteiger partial charge in [0.05, 0.1) is 6.54 Å². The van der Waals surface area contributed by atoms with Gasteiger partial charge < -0.3 is 10.1 Å². The first-order valence-corrected chi connectivity index (χ1v) is 5.21. The zero-order valence-electron chi connectivity index (χ0n) is 10.6. The summed E-state index contributed by atoms with van der Waals surface area (Å²) in [5.41, 5.74) is -0.460. The van der Waals surface area contributed by atoms with Crippen LogP contribution in [0.2, 0.25) is 0 Å². The van der Waals surface area contributed by atoms with Crippen LogP contribution < -0.4 is 5.32 Å². The number of amides is 1. The van der Waals surface area contributed by atoms with Gasteiger partial charge in [0.1, 0.15) is 5.60 Å². The van der Waals surface area contributed by atoms with Crippen LogP contribution >= 0.6 is 0 Å². The van der Waals surface area contributed by atoms with Crippen molar-refractivity contribution in [2.75, 3.05) is 6.54 Å². The van der Waals surface area contributed by atoms with Crippen molar-refractivity contribution in [1.29, 1.82) is 0 Å². The Labute approximate surface area is 98.9 Å². The lowest BCUT2D eigenvalue weighted by molar-refractivity contribution is 0.0535. The number of nitrogens with one attached hydrogen (secondary N) is 1. The molecule has 0 aromatic rings. The minimum atomic E-state index is -0.476. The monoisotopic (exact) mass is 223 g/mol. The molecule has 0 atom stereocenters. The summed E-state index contributed by atoms with van der Waals surface area (Å²) in [6, 6.07) is 0. The summed E-state index contributed by atoms with van der Waals surface area (Å²) in [5, 5.41) is 2.39. The Morgan fingerprint density at radius 2 is 1.88 bits per heavy atom. The first-order valence-electron chi connectivity index (χ1n) is 5.21. The highest BCUT2D eigenvalue weighted by Crippen LogP contribution is 2.05. The van der Waals surface area contributed by atoms with Crippen LogP contribution in [-0.2, 0) is 4.74 Å². The molecule has 0 aliphatic carbocycles. The number of carbonyl (C=O) groups is 1. The van der Waals surface area contributed by atoms with Crippen molar-refractivity contribution in [1.82, 2.24) is 5.32 Å². The number of hydrogen-bond acceptors (Lipinski definition) is 2. The number of hydrogen-bond donors (Lipinski definition) is 1. The van der Waals surface area contributed by atoms with E-state index in [2.05, 4.69) is 24.1 Å². The van der Waals surface area contributed by atoms with Gasteiger partial charge in [0.2, 0.25) is 0 Å². The molecule has 1 amide bonds. The van der Waals surface area contributed by atoms with Crippen molar-refractivity contribution < 1.29 is 9.53 Å². The van der Waals surface area contributed by atoms with Crippen LogP contribution in [0.4, 0.5) is 4.79 Å². The molecule has 0 aromatic heterocycles. The van der Waals surface area contributed by atoms with Gasteiger partial charge in [0, 0.05) is 6.42 Å². The highest BCUT2D eigenvalue weighted by molar-refractivity contribution is 5.67. The van der Waals surface area contributed by atoms with Crippen LogP contribution in [0, 0.1) is 24.7 Å². The minimum Gasteiger partial charge on any atom is -0.444 e. The van der Waals surface area contributed by atoms with E-state index in [0.29, 0.717) is 0 Å². The molecular weight excluding hydrogens is 202 g/mol. The first kappa shape index (κ1) is 16.8. The number of alkyl carbamates (subject to hydrolysis) is 1. The maximum atomic E-state index is 10.8. The molecule has 0 bridgehead atoms. The number of rotatable bonds is 2. The number of ether oxygens (including phenoxy) is 1. The quantitative estimate of drug-likeness (QED) is 0.731. The largest absolute Gasteiger partial charge is 0.444 e. The third-order valence-corrected chi connectivity index (χ3v) is 1.13. The Balaban J connectivity index is 0. The van der Waals surface area contributed by atoms with E-state index in [1.165, 1.54) is 0 Å². The fourth-order valence-corrected chi connectivity index (χ4v) is 0.582. The highest BCUT2D eigenvalue weighted by atomic mass is 16.6. The van der Waals surface area contributed by atoms with Gasteiger partial charge in [0.15, 0.2) is 0 Å². The van der Waals surface area contributed by atoms with Gasteiger partial charge in [-0.15, -0.1) is 18.8 Å². The van der Waals surface area contributed by atoms with Gasteiger partial charge in [-0.2, -0.15) is 0 Å². The molecule has 3 nitrogen and oxygen atoms in total. The summed E-state index contributed by atoms with van der Waals surface area (Å²) in [7, 11) is 0. The predicted octanol–water partition coefficient (Wildman–Crippen LogP) is 2.56. The molecule has 0 rings (SSSR count). The van der Waals surface area contributed by atoms with Crippen LogP contribution in [0.1, 0.15) is 40.5 Å². The summed E-state index contributed by atoms with van der Waals surface area (Å²) in [4.78, 5) is 10.8. The molecule has 0 spiro atoms. The molecule has 1 N–H and O–H groups in total. The second kappa shape index (κ2) is 9.93. The van der Waals surface area contributed by atoms with Crippen molar-refractivity contribution in [2.45, 2.75) is 46.1 Å². The molecule has 90 valence electrons. The summed E-state index contributed by atoms with van der Waals surface area (Å²) in [5.74, 6) is 4.79. The molecule has 16 heavy (non-hydrogen) atoms. The van der Waals surface area contributed by atoms with Crippen LogP contribution in [0.15, 0.2) is 0 Å². The molecule has 0 heterocycles. The average molecular weight is 223 g/mol. The zero-order valence-corrected chi connectivity index (χ0v) is 10.6. The van der Waals surface area contributed by atoms with E-state index >= 15 is 0 Å². The van der Waals surface area contributed by atoms with Gasteiger partial charge in [-0.1, -0.05) is 12.8 Å². The standard InChI is InChI=1S/C8H13NO2.C5H8/c1-5-6-9-7(10)11-8(2,3)4;1-3-5-4-2/h1H,6H2,2-4H3,(H,9,10);1H,4-5H2,2H3. The molecule has 0 radical (unpaired) electrons. The van der Waals surface area contributed by atoms with Crippen molar-refractivity contribution >= 4 is 6.09 Å². The molecule has 0 aliphatic rings. The van der Waals surface area contributed by atoms with E-state index in [1.54, 1.807) is 20.8 Å². The number of terminal acetylenes is 2. The Hall–Kier alpha value is -1.61. The zero-order chi connectivity index (χ0) is 13.0. The molecule has 3 heteroatoms. The number of unbranched alkanes of at least 4 members (excludes halogenated alkanes) is 1. The topological polar surface area (TPSA) is 38.3 Å². The summed E-state index contributed by atoms with van der Waals surface area (Å²) >= 11 is 0. The van der Waals surface area contributed by atoms with Gasteiger partial charge >= 0.3 is 6.09 Å². The van der Waals surface area contributed by atoms with E-state index < -0.39 is 11.7 Å². The van der Waals surface area contributed by atoms with E-state index in [-0.39, 0.29) is 6.54 Å². The second-order valence-corrected chi connectivity index (χ2v) is 4.01. The van der Waals surface area contributed by atoms with Gasteiger partial charge in [-0.05, 0) is 27.2 Å². The highest BCUT2D eigenvalue weighted by Gasteiger charge is 2.14. The smallest absolute Gasteiger partial charge is 0.408 e. The lowest BCUT2D eigenvalue weighted by atomic mass is 10.2. The summed E-state index contributed by atoms with van der Waals surface area (Å²) in [6.45, 7) is 7.65. The van der Waals surface area contributed by atoms with E-state index in [1.807, 2.05) is 0 Å². The molecule has 0 saturated carbocycles. The fraction of sp³-hybridized carbons (Fsp3) is 0.615. The Kier molecular flexibility index (Phi) is 10.4. The lowest BCUT2D eigenvalue weighted by Crippen LogP contribution is -2.32. The van der Waals surface area contributed by atoms with Gasteiger partial charge in [0.25, 0.3) is 0 Å². The van der Waals surface area contributed by atoms with Gasteiger partial charge in [-0.3, -0.25) is 0 Å². The normalized spacial score (nSPS) is 8.88. The molecule has 0 saturated heterocycles. The number of carbonyl (C=O) groups excluding carboxylic acids is 1. The maximum Gasteiger partial charge on any atom is 0.408 e. The Morgan fingerprint density at radius 3 is 2.12 bits per heavy atom. The second-order valence-electron chi connectivity index (χ2n) is 4.01. The van der Waals surface area contributed by atoms with Crippen LogP contribution in [0.5, 0.6) is 0 Å². The Morgan fingerprint density at radius 1 is 1.31 bits per heavy atom. The third kappa shape index (κ3) is 18.2. The van der Waals surface area contributed by atoms with Crippen LogP contribution in [-0.4, -0.2) is 18.2 Å². The molecular formula is C13H21NO2. The minimum absolute atomic E-state index is 0.203. The van der Waals surface area contributed by atoms with Crippen LogP contribution in [0.25, 0.3) is 0 Å². The first-order chi connectivity index (χ1) is 7.37. The lowest BCUT2D eigenvalue weighted by Gasteiger charge is -2.18. The SMILES string of the molecule is C#CCCC.C#CCNC(=O)OC(C)(C)C. The fourth-order valence-electron chi connectivity index (χ4n) is 0.582. The molecule has 0 aliphatic heterocycles.